The molecule has 48 heavy (non-hydrogen) atoms. The predicted octanol–water partition coefficient (Wildman–Crippen LogP) is 11.3. The SMILES string of the molecule is C1=CCCC(C2=CC=C(c3nc(-c4ccc(-n5c6c(c7ccccc75)C5c7ccccc7SC5C=C6)cc4)nc4ccccc34)CC2)=C1. The first-order valence-electron chi connectivity index (χ1n) is 17.0. The topological polar surface area (TPSA) is 30.7 Å². The Hall–Kier alpha value is -5.19. The van der Waals surface area contributed by atoms with E-state index in [-0.39, 0.29) is 0 Å². The summed E-state index contributed by atoms with van der Waals surface area (Å²) in [6, 6.07) is 35.1. The number of hydrogen-bond acceptors (Lipinski definition) is 3. The van der Waals surface area contributed by atoms with Gasteiger partial charge in [-0.15, -0.1) is 11.8 Å². The molecule has 4 heteroatoms. The van der Waals surface area contributed by atoms with E-state index in [1.54, 1.807) is 0 Å². The molecule has 3 aliphatic carbocycles. The summed E-state index contributed by atoms with van der Waals surface area (Å²) >= 11 is 1.99. The van der Waals surface area contributed by atoms with Gasteiger partial charge in [0, 0.05) is 38.1 Å². The fourth-order valence-corrected chi connectivity index (χ4v) is 9.49. The molecular weight excluding hydrogens is 603 g/mol. The lowest BCUT2D eigenvalue weighted by Crippen LogP contribution is -2.14. The second-order valence-electron chi connectivity index (χ2n) is 13.1. The van der Waals surface area contributed by atoms with Gasteiger partial charge in [0.05, 0.1) is 22.4 Å². The second-order valence-corrected chi connectivity index (χ2v) is 14.3. The molecule has 2 atom stereocenters. The van der Waals surface area contributed by atoms with Crippen LogP contribution < -0.4 is 0 Å². The van der Waals surface area contributed by atoms with Crippen LogP contribution in [0.25, 0.3) is 50.5 Å². The summed E-state index contributed by atoms with van der Waals surface area (Å²) in [4.78, 5) is 11.7. The Bertz CT molecular complexity index is 2440. The monoisotopic (exact) mass is 635 g/mol. The first kappa shape index (κ1) is 27.9. The fourth-order valence-electron chi connectivity index (χ4n) is 8.13. The number of thioether (sulfide) groups is 1. The maximum Gasteiger partial charge on any atom is 0.160 e. The minimum absolute atomic E-state index is 0.359. The summed E-state index contributed by atoms with van der Waals surface area (Å²) in [6.07, 6.45) is 20.4. The molecule has 3 heterocycles. The molecule has 6 aromatic rings. The van der Waals surface area contributed by atoms with E-state index in [2.05, 4.69) is 144 Å². The van der Waals surface area contributed by atoms with Gasteiger partial charge in [-0.05, 0) is 102 Å². The Morgan fingerprint density at radius 3 is 2.31 bits per heavy atom. The van der Waals surface area contributed by atoms with E-state index in [0.717, 1.165) is 59.4 Å². The summed E-state index contributed by atoms with van der Waals surface area (Å²) < 4.78 is 2.44. The number of allylic oxidation sites excluding steroid dienone is 8. The standard InChI is InChI=1S/C44H33N3S/c1-2-10-28(11-3-1)29-18-20-30(21-19-29)43-33-12-4-7-15-36(33)45-44(46-43)31-22-24-32(25-23-31)47-37-16-8-5-13-34(37)41-38(47)26-27-40-42(41)35-14-6-9-17-39(35)48-40/h1-2,4-10,12-18,20,22-27,40,42H,3,11,19,21H2. The average Bonchev–Trinajstić information content (AvgIpc) is 3.70. The van der Waals surface area contributed by atoms with E-state index in [4.69, 9.17) is 9.97 Å². The van der Waals surface area contributed by atoms with Crippen molar-refractivity contribution in [3.05, 3.63) is 167 Å². The minimum Gasteiger partial charge on any atom is -0.310 e. The maximum absolute atomic E-state index is 5.25. The molecule has 0 N–H and O–H groups in total. The molecule has 0 bridgehead atoms. The van der Waals surface area contributed by atoms with Crippen molar-refractivity contribution in [3.63, 3.8) is 0 Å². The molecule has 4 aliphatic rings. The highest BCUT2D eigenvalue weighted by atomic mass is 32.2. The zero-order valence-corrected chi connectivity index (χ0v) is 27.3. The zero-order chi connectivity index (χ0) is 31.6. The van der Waals surface area contributed by atoms with E-state index in [1.165, 1.54) is 49.3 Å². The summed E-state index contributed by atoms with van der Waals surface area (Å²) in [5.41, 5.74) is 13.8. The largest absolute Gasteiger partial charge is 0.310 e. The lowest BCUT2D eigenvalue weighted by atomic mass is 9.83. The molecule has 2 aromatic heterocycles. The van der Waals surface area contributed by atoms with Gasteiger partial charge < -0.3 is 4.57 Å². The zero-order valence-electron chi connectivity index (χ0n) is 26.5. The normalized spacial score (nSPS) is 19.5. The number of rotatable bonds is 4. The maximum atomic E-state index is 5.25. The average molecular weight is 636 g/mol. The van der Waals surface area contributed by atoms with Gasteiger partial charge in [-0.2, -0.15) is 0 Å². The number of aromatic nitrogens is 3. The van der Waals surface area contributed by atoms with Crippen LogP contribution in [-0.2, 0) is 0 Å². The predicted molar refractivity (Wildman–Crippen MR) is 201 cm³/mol. The number of hydrogen-bond donors (Lipinski definition) is 0. The van der Waals surface area contributed by atoms with Gasteiger partial charge in [-0.25, -0.2) is 9.97 Å². The van der Waals surface area contributed by atoms with Crippen molar-refractivity contribution in [1.29, 1.82) is 0 Å². The highest BCUT2D eigenvalue weighted by Gasteiger charge is 2.38. The molecule has 1 aliphatic heterocycles. The van der Waals surface area contributed by atoms with Crippen LogP contribution in [0.1, 0.15) is 54.1 Å². The van der Waals surface area contributed by atoms with E-state index >= 15 is 0 Å². The molecule has 3 nitrogen and oxygen atoms in total. The van der Waals surface area contributed by atoms with Gasteiger partial charge in [-0.1, -0.05) is 91.1 Å². The summed E-state index contributed by atoms with van der Waals surface area (Å²) in [5.74, 6) is 1.13. The Kier molecular flexibility index (Phi) is 6.51. The van der Waals surface area contributed by atoms with E-state index < -0.39 is 0 Å². The van der Waals surface area contributed by atoms with Gasteiger partial charge in [-0.3, -0.25) is 0 Å². The first-order chi connectivity index (χ1) is 23.8. The van der Waals surface area contributed by atoms with E-state index in [0.29, 0.717) is 11.2 Å². The third-order valence-corrected chi connectivity index (χ3v) is 11.7. The first-order valence-corrected chi connectivity index (χ1v) is 17.9. The molecule has 10 rings (SSSR count). The van der Waals surface area contributed by atoms with E-state index in [1.807, 2.05) is 11.8 Å². The van der Waals surface area contributed by atoms with Gasteiger partial charge in [0.15, 0.2) is 5.82 Å². The highest BCUT2D eigenvalue weighted by molar-refractivity contribution is 8.00. The van der Waals surface area contributed by atoms with Crippen LogP contribution in [0.15, 0.2) is 150 Å². The lowest BCUT2D eigenvalue weighted by Gasteiger charge is -2.23. The number of benzene rings is 4. The Labute approximate surface area is 284 Å². The van der Waals surface area contributed by atoms with Crippen molar-refractivity contribution in [2.24, 2.45) is 0 Å². The number of fused-ring (bicyclic) bond motifs is 8. The quantitative estimate of drug-likeness (QED) is 0.193. The summed E-state index contributed by atoms with van der Waals surface area (Å²) in [5, 5.41) is 2.88. The van der Waals surface area contributed by atoms with Crippen LogP contribution in [0.4, 0.5) is 0 Å². The molecule has 0 amide bonds. The molecule has 0 saturated heterocycles. The molecular formula is C44H33N3S. The van der Waals surface area contributed by atoms with Crippen LogP contribution >= 0.6 is 11.8 Å². The van der Waals surface area contributed by atoms with Gasteiger partial charge >= 0.3 is 0 Å². The van der Waals surface area contributed by atoms with Crippen molar-refractivity contribution < 1.29 is 0 Å². The fraction of sp³-hybridized carbons (Fsp3) is 0.136. The third-order valence-electron chi connectivity index (χ3n) is 10.4. The van der Waals surface area contributed by atoms with Crippen LogP contribution in [0, 0.1) is 0 Å². The summed E-state index contributed by atoms with van der Waals surface area (Å²) in [7, 11) is 0. The number of para-hydroxylation sites is 2. The van der Waals surface area contributed by atoms with Crippen LogP contribution in [0.5, 0.6) is 0 Å². The molecule has 0 spiro atoms. The minimum atomic E-state index is 0.359. The van der Waals surface area contributed by atoms with Crippen LogP contribution in [0.2, 0.25) is 0 Å². The molecule has 0 fully saturated rings. The van der Waals surface area contributed by atoms with Crippen molar-refractivity contribution in [2.75, 3.05) is 0 Å². The van der Waals surface area contributed by atoms with E-state index in [9.17, 15) is 0 Å². The van der Waals surface area contributed by atoms with Gasteiger partial charge in [0.2, 0.25) is 0 Å². The summed E-state index contributed by atoms with van der Waals surface area (Å²) in [6.45, 7) is 0. The Morgan fingerprint density at radius 1 is 0.688 bits per heavy atom. The smallest absolute Gasteiger partial charge is 0.160 e. The lowest BCUT2D eigenvalue weighted by molar-refractivity contribution is 0.843. The molecule has 4 aromatic carbocycles. The molecule has 0 radical (unpaired) electrons. The number of nitrogens with zero attached hydrogens (tertiary/aromatic N) is 3. The van der Waals surface area contributed by atoms with Crippen LogP contribution in [-0.4, -0.2) is 19.8 Å². The molecule has 230 valence electrons. The van der Waals surface area contributed by atoms with Crippen molar-refractivity contribution in [1.82, 2.24) is 14.5 Å². The van der Waals surface area contributed by atoms with Crippen molar-refractivity contribution >= 4 is 45.2 Å². The Balaban J connectivity index is 1.05. The van der Waals surface area contributed by atoms with Crippen molar-refractivity contribution in [3.8, 4) is 17.1 Å². The van der Waals surface area contributed by atoms with Crippen molar-refractivity contribution in [2.45, 2.75) is 41.7 Å². The second kappa shape index (κ2) is 11.2. The molecule has 2 unspecified atom stereocenters. The van der Waals surface area contributed by atoms with Gasteiger partial charge in [0.1, 0.15) is 0 Å². The van der Waals surface area contributed by atoms with Crippen LogP contribution in [0.3, 0.4) is 0 Å². The Morgan fingerprint density at radius 2 is 1.46 bits per heavy atom. The van der Waals surface area contributed by atoms with Gasteiger partial charge in [0.25, 0.3) is 0 Å². The third kappa shape index (κ3) is 4.43. The highest BCUT2D eigenvalue weighted by Crippen LogP contribution is 2.54. The molecule has 0 saturated carbocycles.